The molecule has 1 aromatic heterocycles. The highest BCUT2D eigenvalue weighted by Crippen LogP contribution is 2.35. The Labute approximate surface area is 162 Å². The van der Waals surface area contributed by atoms with E-state index in [0.29, 0.717) is 15.6 Å². The lowest BCUT2D eigenvalue weighted by Gasteiger charge is -2.03. The molecule has 0 atom stereocenters. The van der Waals surface area contributed by atoms with Crippen LogP contribution in [0.1, 0.15) is 15.2 Å². The molecular formula is C20H12ClFN2O2S. The van der Waals surface area contributed by atoms with Crippen LogP contribution in [0.15, 0.2) is 59.7 Å². The summed E-state index contributed by atoms with van der Waals surface area (Å²) in [6.07, 6.45) is 1.36. The lowest BCUT2D eigenvalue weighted by atomic mass is 10.1. The van der Waals surface area contributed by atoms with E-state index in [1.54, 1.807) is 12.1 Å². The van der Waals surface area contributed by atoms with E-state index in [4.69, 9.17) is 11.6 Å². The van der Waals surface area contributed by atoms with E-state index in [1.165, 1.54) is 24.4 Å². The van der Waals surface area contributed by atoms with Gasteiger partial charge in [-0.2, -0.15) is 5.10 Å². The Kier molecular flexibility index (Phi) is 4.51. The third-order valence-corrected chi connectivity index (χ3v) is 5.72. The molecule has 27 heavy (non-hydrogen) atoms. The summed E-state index contributed by atoms with van der Waals surface area (Å²) in [4.78, 5) is 12.6. The highest BCUT2D eigenvalue weighted by molar-refractivity contribution is 7.21. The van der Waals surface area contributed by atoms with Crippen LogP contribution in [0.4, 0.5) is 4.39 Å². The standard InChI is InChI=1S/C20H12ClFN2O2S/c21-18-15-6-5-14(22)9-17(15)27-19(18)20(26)24-23-10-13-7-11-3-1-2-4-12(11)8-16(13)25/h1-10,25H,(H,24,26)/b23-10-. The minimum Gasteiger partial charge on any atom is -0.507 e. The van der Waals surface area contributed by atoms with Crippen LogP contribution in [0, 0.1) is 5.82 Å². The molecule has 0 aliphatic carbocycles. The van der Waals surface area contributed by atoms with Gasteiger partial charge in [0.1, 0.15) is 16.4 Å². The van der Waals surface area contributed by atoms with Gasteiger partial charge >= 0.3 is 0 Å². The number of nitrogens with one attached hydrogen (secondary N) is 1. The second kappa shape index (κ2) is 6.98. The van der Waals surface area contributed by atoms with Gasteiger partial charge < -0.3 is 5.11 Å². The van der Waals surface area contributed by atoms with E-state index in [9.17, 15) is 14.3 Å². The van der Waals surface area contributed by atoms with Gasteiger partial charge in [0.05, 0.1) is 11.2 Å². The zero-order chi connectivity index (χ0) is 19.0. The Morgan fingerprint density at radius 3 is 2.67 bits per heavy atom. The molecule has 134 valence electrons. The molecule has 4 nitrogen and oxygen atoms in total. The van der Waals surface area contributed by atoms with Crippen LogP contribution in [0.2, 0.25) is 5.02 Å². The van der Waals surface area contributed by atoms with Crippen LogP contribution in [0.3, 0.4) is 0 Å². The fourth-order valence-electron chi connectivity index (χ4n) is 2.75. The van der Waals surface area contributed by atoms with Gasteiger partial charge in [0.25, 0.3) is 5.91 Å². The topological polar surface area (TPSA) is 61.7 Å². The molecule has 0 saturated carbocycles. The number of phenols is 1. The minimum atomic E-state index is -0.502. The number of rotatable bonds is 3. The predicted octanol–water partition coefficient (Wildman–Crippen LogP) is 5.32. The lowest BCUT2D eigenvalue weighted by Crippen LogP contribution is -2.16. The second-order valence-electron chi connectivity index (χ2n) is 5.84. The summed E-state index contributed by atoms with van der Waals surface area (Å²) in [5.74, 6) is -0.836. The van der Waals surface area contributed by atoms with Crippen molar-refractivity contribution in [2.24, 2.45) is 5.10 Å². The van der Waals surface area contributed by atoms with Crippen molar-refractivity contribution >= 4 is 55.9 Å². The number of benzene rings is 3. The van der Waals surface area contributed by atoms with Gasteiger partial charge in [0.2, 0.25) is 0 Å². The number of hydrogen-bond acceptors (Lipinski definition) is 4. The normalized spacial score (nSPS) is 11.5. The predicted molar refractivity (Wildman–Crippen MR) is 107 cm³/mol. The summed E-state index contributed by atoms with van der Waals surface area (Å²) in [5.41, 5.74) is 2.86. The van der Waals surface area contributed by atoms with Crippen LogP contribution in [-0.4, -0.2) is 17.2 Å². The fourth-order valence-corrected chi connectivity index (χ4v) is 4.18. The maximum Gasteiger partial charge on any atom is 0.283 e. The number of thiophene rings is 1. The summed E-state index contributed by atoms with van der Waals surface area (Å²) in [6.45, 7) is 0. The fraction of sp³-hybridized carbons (Fsp3) is 0. The molecule has 3 aromatic carbocycles. The molecule has 1 heterocycles. The molecular weight excluding hydrogens is 387 g/mol. The van der Waals surface area contributed by atoms with E-state index in [2.05, 4.69) is 10.5 Å². The first kappa shape index (κ1) is 17.5. The molecule has 0 saturated heterocycles. The Morgan fingerprint density at radius 2 is 1.89 bits per heavy atom. The Balaban J connectivity index is 1.57. The molecule has 2 N–H and O–H groups in total. The smallest absolute Gasteiger partial charge is 0.283 e. The molecule has 0 aliphatic rings. The Bertz CT molecular complexity index is 1220. The number of amides is 1. The summed E-state index contributed by atoms with van der Waals surface area (Å²) in [5, 5.41) is 16.7. The lowest BCUT2D eigenvalue weighted by molar-refractivity contribution is 0.0959. The van der Waals surface area contributed by atoms with Crippen molar-refractivity contribution in [2.45, 2.75) is 0 Å². The molecule has 0 unspecified atom stereocenters. The van der Waals surface area contributed by atoms with E-state index in [-0.39, 0.29) is 15.6 Å². The number of halogens is 2. The van der Waals surface area contributed by atoms with Crippen molar-refractivity contribution in [1.82, 2.24) is 5.43 Å². The average Bonchev–Trinajstić information content (AvgIpc) is 2.98. The maximum atomic E-state index is 13.3. The van der Waals surface area contributed by atoms with Crippen LogP contribution in [0.25, 0.3) is 20.9 Å². The van der Waals surface area contributed by atoms with Crippen molar-refractivity contribution < 1.29 is 14.3 Å². The first-order valence-electron chi connectivity index (χ1n) is 7.95. The van der Waals surface area contributed by atoms with Gasteiger partial charge in [-0.05, 0) is 41.1 Å². The number of fused-ring (bicyclic) bond motifs is 2. The van der Waals surface area contributed by atoms with E-state index < -0.39 is 11.7 Å². The van der Waals surface area contributed by atoms with Crippen LogP contribution in [-0.2, 0) is 0 Å². The summed E-state index contributed by atoms with van der Waals surface area (Å²) in [7, 11) is 0. The number of carbonyl (C=O) groups excluding carboxylic acids is 1. The maximum absolute atomic E-state index is 13.3. The molecule has 0 spiro atoms. The zero-order valence-electron chi connectivity index (χ0n) is 13.7. The number of hydrazone groups is 1. The Morgan fingerprint density at radius 1 is 1.15 bits per heavy atom. The van der Waals surface area contributed by atoms with E-state index in [0.717, 1.165) is 22.1 Å². The first-order chi connectivity index (χ1) is 13.0. The van der Waals surface area contributed by atoms with Gasteiger partial charge in [0.15, 0.2) is 0 Å². The van der Waals surface area contributed by atoms with Crippen molar-refractivity contribution in [2.75, 3.05) is 0 Å². The molecule has 0 radical (unpaired) electrons. The molecule has 1 amide bonds. The third-order valence-electron chi connectivity index (χ3n) is 4.06. The summed E-state index contributed by atoms with van der Waals surface area (Å²) in [6, 6.07) is 15.2. The van der Waals surface area contributed by atoms with Crippen molar-refractivity contribution in [3.05, 3.63) is 75.9 Å². The monoisotopic (exact) mass is 398 g/mol. The van der Waals surface area contributed by atoms with Crippen molar-refractivity contribution in [3.63, 3.8) is 0 Å². The highest BCUT2D eigenvalue weighted by atomic mass is 35.5. The molecule has 4 rings (SSSR count). The SMILES string of the molecule is O=C(N/N=C\c1cc2ccccc2cc1O)c1sc2cc(F)ccc2c1Cl. The highest BCUT2D eigenvalue weighted by Gasteiger charge is 2.17. The van der Waals surface area contributed by atoms with Crippen LogP contribution >= 0.6 is 22.9 Å². The quantitative estimate of drug-likeness (QED) is 0.362. The first-order valence-corrected chi connectivity index (χ1v) is 9.15. The second-order valence-corrected chi connectivity index (χ2v) is 7.27. The van der Waals surface area contributed by atoms with Gasteiger partial charge in [0, 0.05) is 15.6 Å². The molecule has 7 heteroatoms. The number of phenolic OH excluding ortho intramolecular Hbond substituents is 1. The van der Waals surface area contributed by atoms with Gasteiger partial charge in [-0.1, -0.05) is 35.9 Å². The molecule has 0 aliphatic heterocycles. The van der Waals surface area contributed by atoms with Gasteiger partial charge in [-0.3, -0.25) is 4.79 Å². The number of nitrogens with zero attached hydrogens (tertiary/aromatic N) is 1. The van der Waals surface area contributed by atoms with E-state index >= 15 is 0 Å². The minimum absolute atomic E-state index is 0.0575. The number of hydrogen-bond donors (Lipinski definition) is 2. The van der Waals surface area contributed by atoms with E-state index in [1.807, 2.05) is 24.3 Å². The molecule has 0 fully saturated rings. The Hall–Kier alpha value is -2.96. The van der Waals surface area contributed by atoms with Gasteiger partial charge in [-0.25, -0.2) is 9.82 Å². The molecule has 0 bridgehead atoms. The van der Waals surface area contributed by atoms with Crippen LogP contribution in [0.5, 0.6) is 5.75 Å². The average molecular weight is 399 g/mol. The third kappa shape index (κ3) is 3.37. The number of aromatic hydroxyl groups is 1. The summed E-state index contributed by atoms with van der Waals surface area (Å²) >= 11 is 7.32. The number of carbonyl (C=O) groups is 1. The zero-order valence-corrected chi connectivity index (χ0v) is 15.3. The van der Waals surface area contributed by atoms with Gasteiger partial charge in [-0.15, -0.1) is 11.3 Å². The largest absolute Gasteiger partial charge is 0.507 e. The summed E-state index contributed by atoms with van der Waals surface area (Å²) < 4.78 is 13.9. The molecule has 4 aromatic rings. The van der Waals surface area contributed by atoms with Crippen molar-refractivity contribution in [1.29, 1.82) is 0 Å². The van der Waals surface area contributed by atoms with Crippen molar-refractivity contribution in [3.8, 4) is 5.75 Å². The van der Waals surface area contributed by atoms with Crippen LogP contribution < -0.4 is 5.43 Å².